The summed E-state index contributed by atoms with van der Waals surface area (Å²) in [6.45, 7) is 7.25. The molecule has 1 aromatic rings. The molecule has 2 bridgehead atoms. The predicted molar refractivity (Wildman–Crippen MR) is 146 cm³/mol. The fourth-order valence-electron chi connectivity index (χ4n) is 6.62. The number of rotatable bonds is 11. The summed E-state index contributed by atoms with van der Waals surface area (Å²) in [7, 11) is 0. The first-order chi connectivity index (χ1) is 18.8. The van der Waals surface area contributed by atoms with Crippen LogP contribution >= 0.6 is 0 Å². The second-order valence-electron chi connectivity index (χ2n) is 11.3. The van der Waals surface area contributed by atoms with Crippen LogP contribution < -0.4 is 15.4 Å². The van der Waals surface area contributed by atoms with Crippen molar-refractivity contribution in [2.75, 3.05) is 25.1 Å². The molecule has 3 heterocycles. The van der Waals surface area contributed by atoms with E-state index in [1.165, 1.54) is 6.42 Å². The summed E-state index contributed by atoms with van der Waals surface area (Å²) in [4.78, 5) is 43.0. The Morgan fingerprint density at radius 1 is 1.13 bits per heavy atom. The number of nitrogens with one attached hydrogen (secondary N) is 2. The van der Waals surface area contributed by atoms with E-state index in [0.29, 0.717) is 31.9 Å². The molecule has 1 spiro atoms. The van der Waals surface area contributed by atoms with Gasteiger partial charge in [0.2, 0.25) is 17.7 Å². The highest BCUT2D eigenvalue weighted by molar-refractivity contribution is 6.02. The van der Waals surface area contributed by atoms with Crippen LogP contribution in [-0.2, 0) is 23.9 Å². The van der Waals surface area contributed by atoms with Crippen molar-refractivity contribution >= 4 is 23.4 Å². The Hall–Kier alpha value is -2.91. The lowest BCUT2D eigenvalue weighted by Gasteiger charge is -2.34. The van der Waals surface area contributed by atoms with Gasteiger partial charge in [-0.15, -0.1) is 0 Å². The maximum absolute atomic E-state index is 14.0. The van der Waals surface area contributed by atoms with Crippen LogP contribution in [0.4, 0.5) is 5.69 Å². The van der Waals surface area contributed by atoms with Crippen LogP contribution in [0, 0.1) is 11.8 Å². The van der Waals surface area contributed by atoms with Crippen LogP contribution in [0.5, 0.6) is 5.75 Å². The Morgan fingerprint density at radius 2 is 1.87 bits per heavy atom. The number of carbonyl (C=O) groups is 3. The van der Waals surface area contributed by atoms with Gasteiger partial charge in [-0.25, -0.2) is 0 Å². The van der Waals surface area contributed by atoms with Crippen LogP contribution in [0.1, 0.15) is 59.3 Å². The number of likely N-dealkylation sites (tertiary alicyclic amines) is 1. The van der Waals surface area contributed by atoms with Crippen LogP contribution in [0.15, 0.2) is 36.4 Å². The van der Waals surface area contributed by atoms with E-state index in [2.05, 4.69) is 10.6 Å². The van der Waals surface area contributed by atoms with Crippen molar-refractivity contribution in [3.8, 4) is 5.75 Å². The Balaban J connectivity index is 1.37. The second-order valence-corrected chi connectivity index (χ2v) is 11.3. The zero-order valence-corrected chi connectivity index (χ0v) is 23.2. The van der Waals surface area contributed by atoms with Crippen LogP contribution in [0.2, 0.25) is 0 Å². The van der Waals surface area contributed by atoms with Gasteiger partial charge in [-0.2, -0.15) is 0 Å². The zero-order chi connectivity index (χ0) is 27.6. The molecule has 3 fully saturated rings. The first-order valence-corrected chi connectivity index (χ1v) is 14.5. The summed E-state index contributed by atoms with van der Waals surface area (Å²) in [5.74, 6) is -1.46. The third kappa shape index (κ3) is 5.43. The zero-order valence-electron chi connectivity index (χ0n) is 23.2. The monoisotopic (exact) mass is 539 g/mol. The minimum absolute atomic E-state index is 0.0835. The molecule has 1 aromatic carbocycles. The second kappa shape index (κ2) is 11.7. The van der Waals surface area contributed by atoms with Gasteiger partial charge >= 0.3 is 0 Å². The standard InChI is InChI=1S/C30H41N3O6/c1-4-37-22-13-11-21(12-14-22)31-27(34)24-23-15-16-30(39-23)25(24)29(36)33(17-8-18-38-19(2)3)26(30)28(35)32-20-9-6-5-7-10-20/h11-16,19-20,23-26H,4-10,17-18H2,1-3H3,(H,31,34)(H,32,35)/t23-,24?,25-,26?,30?/m0/s1. The van der Waals surface area contributed by atoms with Crippen LogP contribution in [0.3, 0.4) is 0 Å². The molecule has 2 saturated heterocycles. The Bertz CT molecular complexity index is 1080. The van der Waals surface area contributed by atoms with Crippen molar-refractivity contribution < 1.29 is 28.6 Å². The molecule has 1 aliphatic carbocycles. The van der Waals surface area contributed by atoms with Gasteiger partial charge in [0.1, 0.15) is 17.4 Å². The summed E-state index contributed by atoms with van der Waals surface area (Å²) in [6.07, 6.45) is 9.06. The van der Waals surface area contributed by atoms with Gasteiger partial charge in [0.05, 0.1) is 30.7 Å². The van der Waals surface area contributed by atoms with Crippen LogP contribution in [0.25, 0.3) is 0 Å². The average molecular weight is 540 g/mol. The first kappa shape index (κ1) is 27.6. The molecule has 5 rings (SSSR count). The number of hydrogen-bond donors (Lipinski definition) is 2. The van der Waals surface area contributed by atoms with E-state index in [1.807, 2.05) is 32.9 Å². The number of fused-ring (bicyclic) bond motifs is 1. The molecule has 0 radical (unpaired) electrons. The smallest absolute Gasteiger partial charge is 0.246 e. The molecular formula is C30H41N3O6. The van der Waals surface area contributed by atoms with Crippen molar-refractivity contribution in [2.24, 2.45) is 11.8 Å². The number of anilines is 1. The van der Waals surface area contributed by atoms with E-state index < -0.39 is 29.6 Å². The van der Waals surface area contributed by atoms with E-state index in [9.17, 15) is 14.4 Å². The lowest BCUT2D eigenvalue weighted by atomic mass is 9.74. The molecule has 3 amide bonds. The van der Waals surface area contributed by atoms with Crippen LogP contribution in [-0.4, -0.2) is 72.3 Å². The Morgan fingerprint density at radius 3 is 2.56 bits per heavy atom. The Labute approximate surface area is 230 Å². The normalized spacial score (nSPS) is 29.6. The lowest BCUT2D eigenvalue weighted by molar-refractivity contribution is -0.141. The van der Waals surface area contributed by atoms with Gasteiger partial charge in [0, 0.05) is 24.9 Å². The summed E-state index contributed by atoms with van der Waals surface area (Å²) >= 11 is 0. The maximum Gasteiger partial charge on any atom is 0.246 e. The summed E-state index contributed by atoms with van der Waals surface area (Å²) in [5.41, 5.74) is -0.538. The first-order valence-electron chi connectivity index (χ1n) is 14.5. The van der Waals surface area contributed by atoms with E-state index >= 15 is 0 Å². The van der Waals surface area contributed by atoms with Crippen molar-refractivity contribution in [3.63, 3.8) is 0 Å². The molecule has 212 valence electrons. The third-order valence-corrected chi connectivity index (χ3v) is 8.30. The summed E-state index contributed by atoms with van der Waals surface area (Å²) in [5, 5.41) is 6.18. The van der Waals surface area contributed by atoms with Crippen molar-refractivity contribution in [1.82, 2.24) is 10.2 Å². The molecular weight excluding hydrogens is 498 g/mol. The molecule has 3 aliphatic heterocycles. The van der Waals surface area contributed by atoms with Gasteiger partial charge in [0.15, 0.2) is 0 Å². The van der Waals surface area contributed by atoms with Gasteiger partial charge < -0.3 is 29.7 Å². The molecule has 9 nitrogen and oxygen atoms in total. The number of nitrogens with zero attached hydrogens (tertiary/aromatic N) is 1. The molecule has 2 N–H and O–H groups in total. The van der Waals surface area contributed by atoms with Gasteiger partial charge in [-0.3, -0.25) is 14.4 Å². The fraction of sp³-hybridized carbons (Fsp3) is 0.633. The van der Waals surface area contributed by atoms with E-state index in [4.69, 9.17) is 14.2 Å². The highest BCUT2D eigenvalue weighted by Gasteiger charge is 2.72. The SMILES string of the molecule is CCOc1ccc(NC(=O)C2[C@@H]3C=CC4(O3)C(C(=O)NC3CCCCC3)N(CCCOC(C)C)C(=O)[C@H]24)cc1. The van der Waals surface area contributed by atoms with E-state index in [0.717, 1.165) is 31.4 Å². The molecule has 3 unspecified atom stereocenters. The van der Waals surface area contributed by atoms with Gasteiger partial charge in [0.25, 0.3) is 0 Å². The minimum atomic E-state index is -1.15. The number of carbonyl (C=O) groups excluding carboxylic acids is 3. The summed E-state index contributed by atoms with van der Waals surface area (Å²) < 4.78 is 17.6. The average Bonchev–Trinajstić information content (AvgIpc) is 3.56. The highest BCUT2D eigenvalue weighted by Crippen LogP contribution is 2.55. The number of hydrogen-bond acceptors (Lipinski definition) is 6. The fourth-order valence-corrected chi connectivity index (χ4v) is 6.62. The maximum atomic E-state index is 14.0. The molecule has 9 heteroatoms. The molecule has 1 saturated carbocycles. The predicted octanol–water partition coefficient (Wildman–Crippen LogP) is 3.44. The quantitative estimate of drug-likeness (QED) is 0.330. The molecule has 4 aliphatic rings. The molecule has 39 heavy (non-hydrogen) atoms. The number of amides is 3. The van der Waals surface area contributed by atoms with Crippen molar-refractivity contribution in [3.05, 3.63) is 36.4 Å². The lowest BCUT2D eigenvalue weighted by Crippen LogP contribution is -2.56. The van der Waals surface area contributed by atoms with Crippen molar-refractivity contribution in [1.29, 1.82) is 0 Å². The Kier molecular flexibility index (Phi) is 8.28. The van der Waals surface area contributed by atoms with Gasteiger partial charge in [-0.05, 0) is 64.3 Å². The van der Waals surface area contributed by atoms with E-state index in [1.54, 1.807) is 29.2 Å². The molecule has 5 atom stereocenters. The van der Waals surface area contributed by atoms with Gasteiger partial charge in [-0.1, -0.05) is 31.4 Å². The minimum Gasteiger partial charge on any atom is -0.494 e. The van der Waals surface area contributed by atoms with E-state index in [-0.39, 0.29) is 29.9 Å². The topological polar surface area (TPSA) is 106 Å². The molecule has 0 aromatic heterocycles. The van der Waals surface area contributed by atoms with Crippen molar-refractivity contribution in [2.45, 2.75) is 89.2 Å². The number of ether oxygens (including phenoxy) is 3. The largest absolute Gasteiger partial charge is 0.494 e. The number of benzene rings is 1. The third-order valence-electron chi connectivity index (χ3n) is 8.30. The highest BCUT2D eigenvalue weighted by atomic mass is 16.5. The summed E-state index contributed by atoms with van der Waals surface area (Å²) in [6, 6.07) is 6.43.